The molecule has 0 aliphatic rings. The second-order valence-corrected chi connectivity index (χ2v) is 5.30. The van der Waals surface area contributed by atoms with E-state index in [1.165, 1.54) is 10.9 Å². The Kier molecular flexibility index (Phi) is 5.10. The number of ether oxygens (including phenoxy) is 1. The first-order chi connectivity index (χ1) is 9.63. The molecule has 0 aliphatic heterocycles. The van der Waals surface area contributed by atoms with Crippen LogP contribution in [0.1, 0.15) is 37.6 Å². The number of methoxy groups -OCH3 is 1. The molecule has 2 aromatic rings. The van der Waals surface area contributed by atoms with Crippen molar-refractivity contribution in [2.75, 3.05) is 13.7 Å². The third kappa shape index (κ3) is 3.56. The highest BCUT2D eigenvalue weighted by molar-refractivity contribution is 5.79. The third-order valence-corrected chi connectivity index (χ3v) is 3.68. The van der Waals surface area contributed by atoms with Crippen LogP contribution in [0.5, 0.6) is 0 Å². The number of fused-ring (bicyclic) bond motifs is 1. The molecule has 0 saturated carbocycles. The van der Waals surface area contributed by atoms with Crippen LogP contribution in [0.4, 0.5) is 0 Å². The van der Waals surface area contributed by atoms with Crippen molar-refractivity contribution in [3.8, 4) is 0 Å². The normalized spacial score (nSPS) is 14.4. The Hall–Kier alpha value is -1.45. The zero-order valence-electron chi connectivity index (χ0n) is 12.8. The number of hydrogen-bond acceptors (Lipinski definition) is 3. The molecule has 0 amide bonds. The molecule has 0 fully saturated rings. The van der Waals surface area contributed by atoms with Crippen molar-refractivity contribution in [1.82, 2.24) is 10.3 Å². The first-order valence-electron chi connectivity index (χ1n) is 7.27. The topological polar surface area (TPSA) is 34.1 Å². The van der Waals surface area contributed by atoms with Crippen molar-refractivity contribution in [2.45, 2.75) is 39.3 Å². The molecule has 1 aromatic carbocycles. The van der Waals surface area contributed by atoms with Gasteiger partial charge in [-0.1, -0.05) is 19.1 Å². The Morgan fingerprint density at radius 3 is 2.75 bits per heavy atom. The molecule has 0 radical (unpaired) electrons. The molecular weight excluding hydrogens is 248 g/mol. The predicted octanol–water partition coefficient (Wildman–Crippen LogP) is 3.62. The molecule has 2 rings (SSSR count). The number of rotatable bonds is 6. The molecule has 1 heterocycles. The zero-order chi connectivity index (χ0) is 14.5. The predicted molar refractivity (Wildman–Crippen MR) is 84.0 cm³/mol. The van der Waals surface area contributed by atoms with Gasteiger partial charge in [0, 0.05) is 24.2 Å². The summed E-state index contributed by atoms with van der Waals surface area (Å²) in [5, 5.41) is 4.74. The Morgan fingerprint density at radius 1 is 1.25 bits per heavy atom. The van der Waals surface area contributed by atoms with Crippen LogP contribution >= 0.6 is 0 Å². The lowest BCUT2D eigenvalue weighted by Gasteiger charge is -2.22. The van der Waals surface area contributed by atoms with E-state index in [-0.39, 0.29) is 6.10 Å². The molecule has 3 nitrogen and oxygen atoms in total. The molecule has 0 spiro atoms. The van der Waals surface area contributed by atoms with Crippen molar-refractivity contribution < 1.29 is 4.74 Å². The van der Waals surface area contributed by atoms with Crippen LogP contribution in [0.15, 0.2) is 30.3 Å². The minimum atomic E-state index is 0.242. The van der Waals surface area contributed by atoms with Crippen molar-refractivity contribution in [3.63, 3.8) is 0 Å². The van der Waals surface area contributed by atoms with E-state index in [1.807, 2.05) is 6.92 Å². The molecule has 108 valence electrons. The first-order valence-corrected chi connectivity index (χ1v) is 7.27. The van der Waals surface area contributed by atoms with Gasteiger partial charge in [-0.2, -0.15) is 0 Å². The summed E-state index contributed by atoms with van der Waals surface area (Å²) < 4.78 is 5.40. The summed E-state index contributed by atoms with van der Waals surface area (Å²) in [5.74, 6) is 0. The smallest absolute Gasteiger partial charge is 0.0705 e. The molecule has 1 aromatic heterocycles. The fraction of sp³-hybridized carbons (Fsp3) is 0.471. The van der Waals surface area contributed by atoms with Gasteiger partial charge in [-0.05, 0) is 50.6 Å². The van der Waals surface area contributed by atoms with Crippen LogP contribution in [-0.2, 0) is 4.74 Å². The summed E-state index contributed by atoms with van der Waals surface area (Å²) >= 11 is 0. The average Bonchev–Trinajstić information content (AvgIpc) is 2.46. The molecule has 2 atom stereocenters. The van der Waals surface area contributed by atoms with E-state index in [0.717, 1.165) is 24.2 Å². The number of benzene rings is 1. The number of nitrogens with zero attached hydrogens (tertiary/aromatic N) is 1. The van der Waals surface area contributed by atoms with Crippen LogP contribution in [0.3, 0.4) is 0 Å². The third-order valence-electron chi connectivity index (χ3n) is 3.68. The number of pyridine rings is 1. The standard InChI is InChI=1S/C17H24N2O/c1-5-18-17(10-13(3)20-4)15-8-9-16-14(11-15)7-6-12(2)19-16/h6-9,11,13,17-18H,5,10H2,1-4H3. The molecule has 0 bridgehead atoms. The largest absolute Gasteiger partial charge is 0.382 e. The van der Waals surface area contributed by atoms with E-state index >= 15 is 0 Å². The van der Waals surface area contributed by atoms with Crippen LogP contribution < -0.4 is 5.32 Å². The summed E-state index contributed by atoms with van der Waals surface area (Å²) in [6.45, 7) is 7.22. The van der Waals surface area contributed by atoms with Crippen molar-refractivity contribution in [3.05, 3.63) is 41.6 Å². The number of nitrogens with one attached hydrogen (secondary N) is 1. The molecule has 3 heteroatoms. The Morgan fingerprint density at radius 2 is 2.05 bits per heavy atom. The summed E-state index contributed by atoms with van der Waals surface area (Å²) in [7, 11) is 1.76. The zero-order valence-corrected chi connectivity index (χ0v) is 12.8. The number of aromatic nitrogens is 1. The quantitative estimate of drug-likeness (QED) is 0.872. The van der Waals surface area contributed by atoms with Gasteiger partial charge in [-0.3, -0.25) is 4.98 Å². The van der Waals surface area contributed by atoms with E-state index < -0.39 is 0 Å². The van der Waals surface area contributed by atoms with Gasteiger partial charge in [-0.15, -0.1) is 0 Å². The van der Waals surface area contributed by atoms with Gasteiger partial charge >= 0.3 is 0 Å². The van der Waals surface area contributed by atoms with Crippen molar-refractivity contribution in [2.24, 2.45) is 0 Å². The lowest BCUT2D eigenvalue weighted by molar-refractivity contribution is 0.101. The minimum absolute atomic E-state index is 0.242. The maximum absolute atomic E-state index is 5.40. The van der Waals surface area contributed by atoms with Crippen molar-refractivity contribution in [1.29, 1.82) is 0 Å². The molecular formula is C17H24N2O. The average molecular weight is 272 g/mol. The SMILES string of the molecule is CCNC(CC(C)OC)c1ccc2nc(C)ccc2c1. The van der Waals surface area contributed by atoms with Gasteiger partial charge in [0.05, 0.1) is 11.6 Å². The maximum Gasteiger partial charge on any atom is 0.0705 e. The van der Waals surface area contributed by atoms with Crippen LogP contribution in [0.2, 0.25) is 0 Å². The van der Waals surface area contributed by atoms with Gasteiger partial charge in [0.1, 0.15) is 0 Å². The van der Waals surface area contributed by atoms with Gasteiger partial charge < -0.3 is 10.1 Å². The van der Waals surface area contributed by atoms with Gasteiger partial charge in [-0.25, -0.2) is 0 Å². The van der Waals surface area contributed by atoms with Crippen LogP contribution in [0.25, 0.3) is 10.9 Å². The summed E-state index contributed by atoms with van der Waals surface area (Å²) in [4.78, 5) is 4.55. The van der Waals surface area contributed by atoms with Crippen LogP contribution in [-0.4, -0.2) is 24.7 Å². The summed E-state index contributed by atoms with van der Waals surface area (Å²) in [6, 6.07) is 11.0. The molecule has 2 unspecified atom stereocenters. The fourth-order valence-electron chi connectivity index (χ4n) is 2.47. The lowest BCUT2D eigenvalue weighted by atomic mass is 9.99. The highest BCUT2D eigenvalue weighted by Gasteiger charge is 2.14. The molecule has 0 aliphatic carbocycles. The Labute approximate surface area is 121 Å². The number of aryl methyl sites for hydroxylation is 1. The summed E-state index contributed by atoms with van der Waals surface area (Å²) in [5.41, 5.74) is 3.42. The maximum atomic E-state index is 5.40. The van der Waals surface area contributed by atoms with Gasteiger partial charge in [0.2, 0.25) is 0 Å². The monoisotopic (exact) mass is 272 g/mol. The minimum Gasteiger partial charge on any atom is -0.382 e. The molecule has 0 saturated heterocycles. The number of hydrogen-bond donors (Lipinski definition) is 1. The second kappa shape index (κ2) is 6.82. The second-order valence-electron chi connectivity index (χ2n) is 5.30. The van der Waals surface area contributed by atoms with Crippen LogP contribution in [0, 0.1) is 6.92 Å². The highest BCUT2D eigenvalue weighted by Crippen LogP contribution is 2.23. The Balaban J connectivity index is 2.30. The van der Waals surface area contributed by atoms with Gasteiger partial charge in [0.25, 0.3) is 0 Å². The van der Waals surface area contributed by atoms with E-state index in [9.17, 15) is 0 Å². The van der Waals surface area contributed by atoms with E-state index in [1.54, 1.807) is 7.11 Å². The van der Waals surface area contributed by atoms with E-state index in [2.05, 4.69) is 54.5 Å². The highest BCUT2D eigenvalue weighted by atomic mass is 16.5. The fourth-order valence-corrected chi connectivity index (χ4v) is 2.47. The van der Waals surface area contributed by atoms with E-state index in [4.69, 9.17) is 4.74 Å². The van der Waals surface area contributed by atoms with Crippen molar-refractivity contribution >= 4 is 10.9 Å². The molecule has 1 N–H and O–H groups in total. The lowest BCUT2D eigenvalue weighted by Crippen LogP contribution is -2.25. The first kappa shape index (κ1) is 14.9. The van der Waals surface area contributed by atoms with E-state index in [0.29, 0.717) is 6.04 Å². The Bertz CT molecular complexity index is 568. The summed E-state index contributed by atoms with van der Waals surface area (Å²) in [6.07, 6.45) is 1.21. The molecule has 20 heavy (non-hydrogen) atoms. The van der Waals surface area contributed by atoms with Gasteiger partial charge in [0.15, 0.2) is 0 Å².